The summed E-state index contributed by atoms with van der Waals surface area (Å²) >= 11 is 9.38. The standard InChI is InChI=1S/C17H15BrClNO/c18-14-9-8-12(10-15(14)19)17(21)20-16-7-3-5-11-4-1-2-6-13(11)16/h3,5,7-10H,1-2,4,6H2,(H,20,21). The second-order valence-electron chi connectivity index (χ2n) is 5.23. The molecule has 0 fully saturated rings. The highest BCUT2D eigenvalue weighted by Gasteiger charge is 2.15. The molecule has 0 aromatic heterocycles. The number of fused-ring (bicyclic) bond motifs is 1. The molecule has 4 heteroatoms. The first-order chi connectivity index (χ1) is 10.1. The predicted octanol–water partition coefficient (Wildman–Crippen LogP) is 5.23. The summed E-state index contributed by atoms with van der Waals surface area (Å²) in [5, 5.41) is 3.56. The van der Waals surface area contributed by atoms with E-state index >= 15 is 0 Å². The number of nitrogens with one attached hydrogen (secondary N) is 1. The number of carbonyl (C=O) groups is 1. The van der Waals surface area contributed by atoms with Crippen LogP contribution in [0.2, 0.25) is 5.02 Å². The fourth-order valence-corrected chi connectivity index (χ4v) is 3.16. The number of anilines is 1. The van der Waals surface area contributed by atoms with E-state index < -0.39 is 0 Å². The highest BCUT2D eigenvalue weighted by Crippen LogP contribution is 2.29. The topological polar surface area (TPSA) is 29.1 Å². The third-order valence-corrected chi connectivity index (χ3v) is 5.06. The maximum absolute atomic E-state index is 12.4. The molecular formula is C17H15BrClNO. The van der Waals surface area contributed by atoms with Crippen LogP contribution in [0.5, 0.6) is 0 Å². The van der Waals surface area contributed by atoms with Crippen molar-refractivity contribution < 1.29 is 4.79 Å². The van der Waals surface area contributed by atoms with Crippen LogP contribution >= 0.6 is 27.5 Å². The summed E-state index contributed by atoms with van der Waals surface area (Å²) in [7, 11) is 0. The molecule has 2 aromatic rings. The summed E-state index contributed by atoms with van der Waals surface area (Å²) in [6.07, 6.45) is 4.55. The maximum atomic E-state index is 12.4. The summed E-state index contributed by atoms with van der Waals surface area (Å²) < 4.78 is 0.790. The fraction of sp³-hybridized carbons (Fsp3) is 0.235. The van der Waals surface area contributed by atoms with Crippen molar-refractivity contribution in [3.63, 3.8) is 0 Å². The van der Waals surface area contributed by atoms with Crippen molar-refractivity contribution in [1.82, 2.24) is 0 Å². The Hall–Kier alpha value is -1.32. The van der Waals surface area contributed by atoms with E-state index in [-0.39, 0.29) is 5.91 Å². The van der Waals surface area contributed by atoms with Crippen LogP contribution in [-0.2, 0) is 12.8 Å². The first-order valence-electron chi connectivity index (χ1n) is 7.02. The molecule has 2 aromatic carbocycles. The minimum Gasteiger partial charge on any atom is -0.322 e. The third kappa shape index (κ3) is 3.14. The van der Waals surface area contributed by atoms with Gasteiger partial charge in [0.05, 0.1) is 5.02 Å². The Morgan fingerprint density at radius 1 is 1.14 bits per heavy atom. The summed E-state index contributed by atoms with van der Waals surface area (Å²) in [5.41, 5.74) is 4.13. The number of benzene rings is 2. The van der Waals surface area contributed by atoms with Crippen molar-refractivity contribution in [2.24, 2.45) is 0 Å². The van der Waals surface area contributed by atoms with E-state index in [4.69, 9.17) is 11.6 Å². The molecule has 1 amide bonds. The number of hydrogen-bond acceptors (Lipinski definition) is 1. The van der Waals surface area contributed by atoms with Crippen LogP contribution in [0.4, 0.5) is 5.69 Å². The summed E-state index contributed by atoms with van der Waals surface area (Å²) in [5.74, 6) is -0.122. The highest BCUT2D eigenvalue weighted by atomic mass is 79.9. The number of carbonyl (C=O) groups excluding carboxylic acids is 1. The molecule has 21 heavy (non-hydrogen) atoms. The fourth-order valence-electron chi connectivity index (χ4n) is 2.73. The minimum atomic E-state index is -0.122. The van der Waals surface area contributed by atoms with Gasteiger partial charge in [-0.3, -0.25) is 4.79 Å². The Kier molecular flexibility index (Phi) is 4.32. The zero-order valence-corrected chi connectivity index (χ0v) is 13.8. The molecule has 1 N–H and O–H groups in total. The first kappa shape index (κ1) is 14.6. The predicted molar refractivity (Wildman–Crippen MR) is 90.2 cm³/mol. The molecule has 0 saturated heterocycles. The van der Waals surface area contributed by atoms with Crippen LogP contribution in [0, 0.1) is 0 Å². The summed E-state index contributed by atoms with van der Waals surface area (Å²) in [6, 6.07) is 11.4. The van der Waals surface area contributed by atoms with Crippen molar-refractivity contribution in [2.45, 2.75) is 25.7 Å². The van der Waals surface area contributed by atoms with Gasteiger partial charge in [0.1, 0.15) is 0 Å². The summed E-state index contributed by atoms with van der Waals surface area (Å²) in [4.78, 5) is 12.4. The van der Waals surface area contributed by atoms with Gasteiger partial charge in [-0.1, -0.05) is 23.7 Å². The molecule has 1 aliphatic carbocycles. The lowest BCUT2D eigenvalue weighted by Crippen LogP contribution is -2.15. The Bertz CT molecular complexity index is 699. The van der Waals surface area contributed by atoms with E-state index in [1.165, 1.54) is 24.0 Å². The van der Waals surface area contributed by atoms with E-state index in [1.54, 1.807) is 18.2 Å². The minimum absolute atomic E-state index is 0.122. The normalized spacial score (nSPS) is 13.6. The van der Waals surface area contributed by atoms with Gasteiger partial charge in [-0.15, -0.1) is 0 Å². The second kappa shape index (κ2) is 6.20. The van der Waals surface area contributed by atoms with Crippen LogP contribution < -0.4 is 5.32 Å². The number of amides is 1. The first-order valence-corrected chi connectivity index (χ1v) is 8.19. The van der Waals surface area contributed by atoms with Gasteiger partial charge < -0.3 is 5.32 Å². The third-order valence-electron chi connectivity index (χ3n) is 3.83. The number of aryl methyl sites for hydroxylation is 1. The number of rotatable bonds is 2. The lowest BCUT2D eigenvalue weighted by atomic mass is 9.90. The van der Waals surface area contributed by atoms with Gasteiger partial charge in [-0.2, -0.15) is 0 Å². The SMILES string of the molecule is O=C(Nc1cccc2c1CCCC2)c1ccc(Br)c(Cl)c1. The van der Waals surface area contributed by atoms with Gasteiger partial charge >= 0.3 is 0 Å². The van der Waals surface area contributed by atoms with Crippen LogP contribution in [-0.4, -0.2) is 5.91 Å². The van der Waals surface area contributed by atoms with Crippen LogP contribution in [0.1, 0.15) is 34.3 Å². The molecule has 0 unspecified atom stereocenters. The van der Waals surface area contributed by atoms with Crippen LogP contribution in [0.25, 0.3) is 0 Å². The van der Waals surface area contributed by atoms with Gasteiger partial charge in [0.2, 0.25) is 0 Å². The molecule has 0 aliphatic heterocycles. The smallest absolute Gasteiger partial charge is 0.255 e. The lowest BCUT2D eigenvalue weighted by Gasteiger charge is -2.19. The van der Waals surface area contributed by atoms with Gasteiger partial charge in [-0.05, 0) is 77.0 Å². The van der Waals surface area contributed by atoms with Crippen molar-refractivity contribution >= 4 is 39.1 Å². The number of halogens is 2. The van der Waals surface area contributed by atoms with Crippen molar-refractivity contribution in [2.75, 3.05) is 5.32 Å². The van der Waals surface area contributed by atoms with Gasteiger partial charge in [0, 0.05) is 15.7 Å². The molecule has 108 valence electrons. The van der Waals surface area contributed by atoms with Crippen molar-refractivity contribution in [3.05, 3.63) is 62.6 Å². The van der Waals surface area contributed by atoms with E-state index in [9.17, 15) is 4.79 Å². The highest BCUT2D eigenvalue weighted by molar-refractivity contribution is 9.10. The monoisotopic (exact) mass is 363 g/mol. The molecule has 0 radical (unpaired) electrons. The lowest BCUT2D eigenvalue weighted by molar-refractivity contribution is 0.102. The molecule has 1 aliphatic rings. The van der Waals surface area contributed by atoms with Crippen molar-refractivity contribution in [1.29, 1.82) is 0 Å². The van der Waals surface area contributed by atoms with E-state index in [0.29, 0.717) is 10.6 Å². The van der Waals surface area contributed by atoms with Gasteiger partial charge in [0.25, 0.3) is 5.91 Å². The van der Waals surface area contributed by atoms with E-state index in [0.717, 1.165) is 23.0 Å². The Morgan fingerprint density at radius 3 is 2.76 bits per heavy atom. The maximum Gasteiger partial charge on any atom is 0.255 e. The molecule has 3 rings (SSSR count). The average Bonchev–Trinajstić information content (AvgIpc) is 2.50. The Labute approximate surface area is 137 Å². The molecule has 0 heterocycles. The molecule has 2 nitrogen and oxygen atoms in total. The largest absolute Gasteiger partial charge is 0.322 e. The number of hydrogen-bond donors (Lipinski definition) is 1. The van der Waals surface area contributed by atoms with Gasteiger partial charge in [-0.25, -0.2) is 0 Å². The molecule has 0 bridgehead atoms. The molecular weight excluding hydrogens is 350 g/mol. The zero-order valence-electron chi connectivity index (χ0n) is 11.5. The average molecular weight is 365 g/mol. The Morgan fingerprint density at radius 2 is 1.95 bits per heavy atom. The second-order valence-corrected chi connectivity index (χ2v) is 6.49. The van der Waals surface area contributed by atoms with Crippen molar-refractivity contribution in [3.8, 4) is 0 Å². The molecule has 0 spiro atoms. The summed E-state index contributed by atoms with van der Waals surface area (Å²) in [6.45, 7) is 0. The van der Waals surface area contributed by atoms with Crippen LogP contribution in [0.15, 0.2) is 40.9 Å². The van der Waals surface area contributed by atoms with E-state index in [1.807, 2.05) is 12.1 Å². The zero-order chi connectivity index (χ0) is 14.8. The Balaban J connectivity index is 1.86. The van der Waals surface area contributed by atoms with E-state index in [2.05, 4.69) is 27.3 Å². The quantitative estimate of drug-likeness (QED) is 0.776. The van der Waals surface area contributed by atoms with Gasteiger partial charge in [0.15, 0.2) is 0 Å². The van der Waals surface area contributed by atoms with Crippen LogP contribution in [0.3, 0.4) is 0 Å². The molecule has 0 atom stereocenters. The molecule has 0 saturated carbocycles.